The highest BCUT2D eigenvalue weighted by Gasteiger charge is 2.11. The predicted molar refractivity (Wildman–Crippen MR) is 101 cm³/mol. The first kappa shape index (κ1) is 19.3. The maximum atomic E-state index is 12.0. The summed E-state index contributed by atoms with van der Waals surface area (Å²) >= 11 is 6.67. The van der Waals surface area contributed by atoms with Crippen LogP contribution >= 0.6 is 31.9 Å². The number of halogens is 2. The molecule has 2 rings (SSSR count). The maximum absolute atomic E-state index is 12.0. The maximum Gasteiger partial charge on any atom is 0.276 e. The van der Waals surface area contributed by atoms with Crippen molar-refractivity contribution in [2.45, 2.75) is 6.92 Å². The molecular formula is C17H16Br2N2O4. The fraction of sp³-hybridized carbons (Fsp3) is 0.176. The fourth-order valence-corrected chi connectivity index (χ4v) is 3.06. The summed E-state index contributed by atoms with van der Waals surface area (Å²) in [6, 6.07) is 10.4. The van der Waals surface area contributed by atoms with E-state index in [4.69, 9.17) is 9.47 Å². The van der Waals surface area contributed by atoms with Crippen LogP contribution in [0.15, 0.2) is 45.3 Å². The molecule has 25 heavy (non-hydrogen) atoms. The summed E-state index contributed by atoms with van der Waals surface area (Å²) < 4.78 is 11.9. The molecule has 0 unspecified atom stereocenters. The molecule has 0 saturated carbocycles. The van der Waals surface area contributed by atoms with Gasteiger partial charge in [-0.15, -0.1) is 0 Å². The first-order valence-electron chi connectivity index (χ1n) is 7.22. The second-order valence-electron chi connectivity index (χ2n) is 5.07. The largest absolute Gasteiger partial charge is 0.496 e. The molecule has 0 saturated heterocycles. The zero-order valence-corrected chi connectivity index (χ0v) is 16.7. The standard InChI is InChI=1S/C17H16Br2N2O4/c1-10-3-5-15(12(18)7-10)25-9-16(22)20-21-17(23)11-4-6-14(24-2)13(19)8-11/h3-8H,9H2,1-2H3,(H,20,22)(H,21,23). The number of carbonyl (C=O) groups is 2. The minimum atomic E-state index is -0.478. The van der Waals surface area contributed by atoms with E-state index >= 15 is 0 Å². The number of hydrogen-bond acceptors (Lipinski definition) is 4. The van der Waals surface area contributed by atoms with E-state index in [1.54, 1.807) is 24.3 Å². The van der Waals surface area contributed by atoms with E-state index in [9.17, 15) is 9.59 Å². The van der Waals surface area contributed by atoms with Gasteiger partial charge in [0.25, 0.3) is 11.8 Å². The van der Waals surface area contributed by atoms with Gasteiger partial charge in [0.1, 0.15) is 11.5 Å². The number of benzene rings is 2. The molecule has 0 aliphatic rings. The minimum absolute atomic E-state index is 0.228. The Morgan fingerprint density at radius 1 is 1.00 bits per heavy atom. The van der Waals surface area contributed by atoms with E-state index in [-0.39, 0.29) is 6.61 Å². The van der Waals surface area contributed by atoms with Crippen molar-refractivity contribution in [3.05, 3.63) is 56.5 Å². The van der Waals surface area contributed by atoms with Gasteiger partial charge in [-0.05, 0) is 74.7 Å². The van der Waals surface area contributed by atoms with Crippen LogP contribution < -0.4 is 20.3 Å². The highest BCUT2D eigenvalue weighted by atomic mass is 79.9. The minimum Gasteiger partial charge on any atom is -0.496 e. The molecule has 8 heteroatoms. The third-order valence-electron chi connectivity index (χ3n) is 3.18. The third kappa shape index (κ3) is 5.47. The molecule has 0 radical (unpaired) electrons. The van der Waals surface area contributed by atoms with Crippen molar-refractivity contribution in [3.8, 4) is 11.5 Å². The zero-order valence-electron chi connectivity index (χ0n) is 13.6. The molecule has 0 aliphatic heterocycles. The average Bonchev–Trinajstić information content (AvgIpc) is 2.58. The Morgan fingerprint density at radius 3 is 2.32 bits per heavy atom. The van der Waals surface area contributed by atoms with Crippen LogP contribution in [-0.2, 0) is 4.79 Å². The molecule has 132 valence electrons. The van der Waals surface area contributed by atoms with Crippen LogP contribution in [-0.4, -0.2) is 25.5 Å². The molecule has 0 bridgehead atoms. The second kappa shape index (κ2) is 8.87. The SMILES string of the molecule is COc1ccc(C(=O)NNC(=O)COc2ccc(C)cc2Br)cc1Br. The summed E-state index contributed by atoms with van der Waals surface area (Å²) in [7, 11) is 1.53. The van der Waals surface area contributed by atoms with Crippen LogP contribution in [0.4, 0.5) is 0 Å². The number of methoxy groups -OCH3 is 1. The van der Waals surface area contributed by atoms with Crippen molar-refractivity contribution in [1.82, 2.24) is 10.9 Å². The summed E-state index contributed by atoms with van der Waals surface area (Å²) in [6.45, 7) is 1.72. The van der Waals surface area contributed by atoms with Gasteiger partial charge in [0.05, 0.1) is 16.1 Å². The van der Waals surface area contributed by atoms with E-state index in [1.165, 1.54) is 7.11 Å². The Balaban J connectivity index is 1.85. The molecule has 2 amide bonds. The van der Waals surface area contributed by atoms with E-state index < -0.39 is 11.8 Å². The molecular weight excluding hydrogens is 456 g/mol. The number of amides is 2. The smallest absolute Gasteiger partial charge is 0.276 e. The van der Waals surface area contributed by atoms with Gasteiger partial charge >= 0.3 is 0 Å². The Kier molecular flexibility index (Phi) is 6.83. The van der Waals surface area contributed by atoms with Crippen LogP contribution in [0.2, 0.25) is 0 Å². The first-order valence-corrected chi connectivity index (χ1v) is 8.81. The van der Waals surface area contributed by atoms with Crippen LogP contribution in [0.25, 0.3) is 0 Å². The fourth-order valence-electron chi connectivity index (χ4n) is 1.91. The predicted octanol–water partition coefficient (Wildman–Crippen LogP) is 3.37. The van der Waals surface area contributed by atoms with Crippen molar-refractivity contribution in [2.24, 2.45) is 0 Å². The summed E-state index contributed by atoms with van der Waals surface area (Å²) in [5, 5.41) is 0. The normalized spacial score (nSPS) is 10.1. The van der Waals surface area contributed by atoms with Gasteiger partial charge in [-0.1, -0.05) is 6.07 Å². The van der Waals surface area contributed by atoms with Crippen LogP contribution in [0, 0.1) is 6.92 Å². The number of nitrogens with one attached hydrogen (secondary N) is 2. The topological polar surface area (TPSA) is 76.7 Å². The molecule has 2 N–H and O–H groups in total. The van der Waals surface area contributed by atoms with Crippen LogP contribution in [0.1, 0.15) is 15.9 Å². The molecule has 2 aromatic rings. The van der Waals surface area contributed by atoms with Gasteiger partial charge in [-0.2, -0.15) is 0 Å². The lowest BCUT2D eigenvalue weighted by atomic mass is 10.2. The summed E-state index contributed by atoms with van der Waals surface area (Å²) in [5.41, 5.74) is 6.08. The lowest BCUT2D eigenvalue weighted by Crippen LogP contribution is -2.43. The van der Waals surface area contributed by atoms with Gasteiger partial charge < -0.3 is 9.47 Å². The Bertz CT molecular complexity index is 796. The van der Waals surface area contributed by atoms with Crippen LogP contribution in [0.5, 0.6) is 11.5 Å². The number of ether oxygens (including phenoxy) is 2. The Morgan fingerprint density at radius 2 is 1.68 bits per heavy atom. The van der Waals surface area contributed by atoms with Gasteiger partial charge in [-0.25, -0.2) is 0 Å². The Labute approximate surface area is 162 Å². The van der Waals surface area contributed by atoms with Crippen molar-refractivity contribution in [2.75, 3.05) is 13.7 Å². The van der Waals surface area contributed by atoms with Crippen molar-refractivity contribution < 1.29 is 19.1 Å². The van der Waals surface area contributed by atoms with Gasteiger partial charge in [0.2, 0.25) is 0 Å². The highest BCUT2D eigenvalue weighted by molar-refractivity contribution is 9.10. The van der Waals surface area contributed by atoms with Gasteiger partial charge in [0, 0.05) is 5.56 Å². The first-order chi connectivity index (χ1) is 11.9. The van der Waals surface area contributed by atoms with E-state index in [1.807, 2.05) is 19.1 Å². The molecule has 2 aromatic carbocycles. The molecule has 0 aliphatic carbocycles. The van der Waals surface area contributed by atoms with Crippen LogP contribution in [0.3, 0.4) is 0 Å². The van der Waals surface area contributed by atoms with E-state index in [0.717, 1.165) is 10.0 Å². The molecule has 0 heterocycles. The van der Waals surface area contributed by atoms with E-state index in [2.05, 4.69) is 42.7 Å². The number of aryl methyl sites for hydroxylation is 1. The van der Waals surface area contributed by atoms with Gasteiger partial charge in [0.15, 0.2) is 6.61 Å². The highest BCUT2D eigenvalue weighted by Crippen LogP contribution is 2.26. The number of hydrogen-bond donors (Lipinski definition) is 2. The average molecular weight is 472 g/mol. The zero-order chi connectivity index (χ0) is 18.4. The molecule has 0 atom stereocenters. The summed E-state index contributed by atoms with van der Waals surface area (Å²) in [6.07, 6.45) is 0. The lowest BCUT2D eigenvalue weighted by Gasteiger charge is -2.11. The molecule has 0 spiro atoms. The number of carbonyl (C=O) groups excluding carboxylic acids is 2. The third-order valence-corrected chi connectivity index (χ3v) is 4.41. The Hall–Kier alpha value is -2.06. The van der Waals surface area contributed by atoms with Crippen molar-refractivity contribution >= 4 is 43.7 Å². The lowest BCUT2D eigenvalue weighted by molar-refractivity contribution is -0.123. The molecule has 0 aromatic heterocycles. The molecule has 6 nitrogen and oxygen atoms in total. The van der Waals surface area contributed by atoms with Crippen molar-refractivity contribution in [1.29, 1.82) is 0 Å². The number of rotatable bonds is 5. The summed E-state index contributed by atoms with van der Waals surface area (Å²) in [5.74, 6) is 0.227. The summed E-state index contributed by atoms with van der Waals surface area (Å²) in [4.78, 5) is 23.8. The van der Waals surface area contributed by atoms with Gasteiger partial charge in [-0.3, -0.25) is 20.4 Å². The van der Waals surface area contributed by atoms with E-state index in [0.29, 0.717) is 21.5 Å². The quantitative estimate of drug-likeness (QED) is 0.655. The molecule has 0 fully saturated rings. The monoisotopic (exact) mass is 470 g/mol. The van der Waals surface area contributed by atoms with Crippen molar-refractivity contribution in [3.63, 3.8) is 0 Å². The number of hydrazine groups is 1. The second-order valence-corrected chi connectivity index (χ2v) is 6.78.